The van der Waals surface area contributed by atoms with Gasteiger partial charge in [-0.05, 0) is 56.0 Å². The van der Waals surface area contributed by atoms with Gasteiger partial charge >= 0.3 is 6.03 Å². The highest BCUT2D eigenvalue weighted by atomic mass is 16.2. The fourth-order valence-electron chi connectivity index (χ4n) is 5.75. The van der Waals surface area contributed by atoms with Gasteiger partial charge < -0.3 is 30.2 Å². The van der Waals surface area contributed by atoms with E-state index in [1.807, 2.05) is 39.8 Å². The third kappa shape index (κ3) is 6.72. The van der Waals surface area contributed by atoms with E-state index in [0.717, 1.165) is 31.9 Å². The lowest BCUT2D eigenvalue weighted by molar-refractivity contribution is -0.138. The molecule has 2 N–H and O–H groups in total. The van der Waals surface area contributed by atoms with Crippen LogP contribution >= 0.6 is 0 Å². The van der Waals surface area contributed by atoms with E-state index >= 15 is 0 Å². The molecule has 10 nitrogen and oxygen atoms in total. The Kier molecular flexibility index (Phi) is 9.15. The van der Waals surface area contributed by atoms with Crippen LogP contribution in [0.2, 0.25) is 0 Å². The molecule has 214 valence electrons. The van der Waals surface area contributed by atoms with Crippen molar-refractivity contribution in [2.75, 3.05) is 57.8 Å². The number of rotatable bonds is 8. The van der Waals surface area contributed by atoms with E-state index in [1.165, 1.54) is 0 Å². The normalized spacial score (nSPS) is 22.4. The number of likely N-dealkylation sites (tertiary alicyclic amines) is 2. The van der Waals surface area contributed by atoms with Gasteiger partial charge in [-0.3, -0.25) is 14.4 Å². The van der Waals surface area contributed by atoms with Gasteiger partial charge in [0.05, 0.1) is 12.6 Å². The molecule has 3 heterocycles. The third-order valence-corrected chi connectivity index (χ3v) is 7.94. The smallest absolute Gasteiger partial charge is 0.318 e. The van der Waals surface area contributed by atoms with E-state index in [1.54, 1.807) is 21.9 Å². The van der Waals surface area contributed by atoms with Crippen molar-refractivity contribution in [3.8, 4) is 0 Å². The van der Waals surface area contributed by atoms with Crippen LogP contribution in [0.1, 0.15) is 50.9 Å². The highest BCUT2D eigenvalue weighted by Gasteiger charge is 2.52. The molecule has 0 saturated carbocycles. The molecule has 39 heavy (non-hydrogen) atoms. The second kappa shape index (κ2) is 12.4. The molecule has 3 unspecified atom stereocenters. The van der Waals surface area contributed by atoms with E-state index in [4.69, 9.17) is 0 Å². The number of benzene rings is 1. The summed E-state index contributed by atoms with van der Waals surface area (Å²) in [6, 6.07) is 5.54. The molecule has 10 heteroatoms. The summed E-state index contributed by atoms with van der Waals surface area (Å²) >= 11 is 0. The summed E-state index contributed by atoms with van der Waals surface area (Å²) in [5.74, 6) is -0.221. The Labute approximate surface area is 232 Å². The van der Waals surface area contributed by atoms with Crippen LogP contribution in [0, 0.1) is 11.8 Å². The van der Waals surface area contributed by atoms with Crippen molar-refractivity contribution in [2.45, 2.75) is 58.7 Å². The second-order valence-corrected chi connectivity index (χ2v) is 12.0. The monoisotopic (exact) mass is 540 g/mol. The number of nitrogens with one attached hydrogen (secondary N) is 2. The summed E-state index contributed by atoms with van der Waals surface area (Å²) in [4.78, 5) is 60.4. The van der Waals surface area contributed by atoms with E-state index in [2.05, 4.69) is 27.5 Å². The molecule has 3 fully saturated rings. The van der Waals surface area contributed by atoms with Crippen LogP contribution in [-0.2, 0) is 9.59 Å². The third-order valence-electron chi connectivity index (χ3n) is 7.94. The lowest BCUT2D eigenvalue weighted by Crippen LogP contribution is -2.53. The van der Waals surface area contributed by atoms with Crippen LogP contribution in [0.5, 0.6) is 0 Å². The average Bonchev–Trinajstić information content (AvgIpc) is 3.48. The van der Waals surface area contributed by atoms with Gasteiger partial charge in [-0.25, -0.2) is 4.79 Å². The van der Waals surface area contributed by atoms with Gasteiger partial charge in [-0.15, -0.1) is 0 Å². The fraction of sp³-hybridized carbons (Fsp3) is 0.655. The Hall–Kier alpha value is -3.14. The quantitative estimate of drug-likeness (QED) is 0.521. The molecule has 4 amide bonds. The zero-order chi connectivity index (χ0) is 28.3. The number of carbonyl (C=O) groups is 4. The number of carbonyl (C=O) groups excluding carboxylic acids is 4. The minimum Gasteiger partial charge on any atom is -0.369 e. The van der Waals surface area contributed by atoms with Crippen LogP contribution < -0.4 is 15.5 Å². The molecule has 4 rings (SSSR count). The number of piperazine rings is 1. The summed E-state index contributed by atoms with van der Waals surface area (Å²) in [5, 5.41) is 5.84. The zero-order valence-electron chi connectivity index (χ0n) is 24.0. The SMILES string of the molecule is CC(C)CNC(=O)N1CC(=O)C2C1CCN2C(=O)C(CC(C)C)NC(=O)c1ccc(N2CCN(C)CC2)cc1. The van der Waals surface area contributed by atoms with Crippen molar-refractivity contribution in [3.05, 3.63) is 29.8 Å². The maximum absolute atomic E-state index is 13.7. The van der Waals surface area contributed by atoms with Gasteiger partial charge in [0.15, 0.2) is 5.78 Å². The highest BCUT2D eigenvalue weighted by molar-refractivity contribution is 6.00. The van der Waals surface area contributed by atoms with Gasteiger partial charge in [0.1, 0.15) is 12.1 Å². The molecule has 3 aliphatic heterocycles. The summed E-state index contributed by atoms with van der Waals surface area (Å²) < 4.78 is 0. The highest BCUT2D eigenvalue weighted by Crippen LogP contribution is 2.31. The Bertz CT molecular complexity index is 1050. The van der Waals surface area contributed by atoms with Crippen molar-refractivity contribution >= 4 is 29.3 Å². The van der Waals surface area contributed by atoms with Crippen molar-refractivity contribution in [2.24, 2.45) is 11.8 Å². The fourth-order valence-corrected chi connectivity index (χ4v) is 5.75. The lowest BCUT2D eigenvalue weighted by atomic mass is 10.0. The van der Waals surface area contributed by atoms with Crippen molar-refractivity contribution < 1.29 is 19.2 Å². The van der Waals surface area contributed by atoms with Gasteiger partial charge in [-0.2, -0.15) is 0 Å². The van der Waals surface area contributed by atoms with E-state index in [9.17, 15) is 19.2 Å². The molecule has 1 aromatic rings. The number of urea groups is 1. The summed E-state index contributed by atoms with van der Waals surface area (Å²) in [6.07, 6.45) is 1.01. The molecular formula is C29H44N6O4. The zero-order valence-corrected chi connectivity index (χ0v) is 24.0. The standard InChI is InChI=1S/C29H44N6O4/c1-19(2)16-23(31-27(37)21-6-8-22(9-7-21)33-14-12-32(5)13-15-33)28(38)34-11-10-24-26(34)25(36)18-35(24)29(39)30-17-20(3)4/h6-9,19-20,23-24,26H,10-18H2,1-5H3,(H,30,39)(H,31,37). The first kappa shape index (κ1) is 28.9. The summed E-state index contributed by atoms with van der Waals surface area (Å²) in [6.45, 7) is 12.9. The Morgan fingerprint density at radius 2 is 1.59 bits per heavy atom. The van der Waals surface area contributed by atoms with Gasteiger partial charge in [0.2, 0.25) is 5.91 Å². The molecule has 0 aromatic heterocycles. The number of nitrogens with zero attached hydrogens (tertiary/aromatic N) is 4. The summed E-state index contributed by atoms with van der Waals surface area (Å²) in [7, 11) is 2.12. The first-order valence-corrected chi connectivity index (χ1v) is 14.3. The number of anilines is 1. The lowest BCUT2D eigenvalue weighted by Gasteiger charge is -2.34. The van der Waals surface area contributed by atoms with Crippen LogP contribution in [0.4, 0.5) is 10.5 Å². The van der Waals surface area contributed by atoms with E-state index in [-0.39, 0.29) is 42.1 Å². The van der Waals surface area contributed by atoms with Crippen molar-refractivity contribution in [1.82, 2.24) is 25.3 Å². The Morgan fingerprint density at radius 3 is 2.21 bits per heavy atom. The number of hydrogen-bond acceptors (Lipinski definition) is 6. The number of likely N-dealkylation sites (N-methyl/N-ethyl adjacent to an activating group) is 1. The average molecular weight is 541 g/mol. The first-order chi connectivity index (χ1) is 18.5. The van der Waals surface area contributed by atoms with Gasteiger partial charge in [0.25, 0.3) is 5.91 Å². The number of hydrogen-bond donors (Lipinski definition) is 2. The van der Waals surface area contributed by atoms with Crippen molar-refractivity contribution in [3.63, 3.8) is 0 Å². The van der Waals surface area contributed by atoms with Crippen LogP contribution in [0.25, 0.3) is 0 Å². The van der Waals surface area contributed by atoms with Gasteiger partial charge in [-0.1, -0.05) is 27.7 Å². The largest absolute Gasteiger partial charge is 0.369 e. The number of fused-ring (bicyclic) bond motifs is 1. The van der Waals surface area contributed by atoms with Crippen LogP contribution in [0.3, 0.4) is 0 Å². The minimum atomic E-state index is -0.745. The van der Waals surface area contributed by atoms with E-state index in [0.29, 0.717) is 37.4 Å². The Balaban J connectivity index is 1.42. The molecule has 0 aliphatic carbocycles. The predicted molar refractivity (Wildman–Crippen MR) is 151 cm³/mol. The van der Waals surface area contributed by atoms with E-state index < -0.39 is 12.1 Å². The van der Waals surface area contributed by atoms with Crippen molar-refractivity contribution in [1.29, 1.82) is 0 Å². The molecule has 0 spiro atoms. The molecule has 3 aliphatic rings. The maximum atomic E-state index is 13.7. The van der Waals surface area contributed by atoms with Gasteiger partial charge in [0, 0.05) is 50.5 Å². The first-order valence-electron chi connectivity index (χ1n) is 14.3. The number of amides is 4. The maximum Gasteiger partial charge on any atom is 0.318 e. The number of ketones is 1. The predicted octanol–water partition coefficient (Wildman–Crippen LogP) is 1.80. The minimum absolute atomic E-state index is 0.00387. The number of Topliss-reactive ketones (excluding diaryl/α,β-unsaturated/α-hetero) is 1. The molecule has 0 radical (unpaired) electrons. The van der Waals surface area contributed by atoms with Crippen LogP contribution in [-0.4, -0.2) is 109 Å². The molecule has 3 saturated heterocycles. The molecule has 1 aromatic carbocycles. The van der Waals surface area contributed by atoms with Crippen LogP contribution in [0.15, 0.2) is 24.3 Å². The topological polar surface area (TPSA) is 105 Å². The molecule has 0 bridgehead atoms. The second-order valence-electron chi connectivity index (χ2n) is 12.0. The Morgan fingerprint density at radius 1 is 0.923 bits per heavy atom. The molecular weight excluding hydrogens is 496 g/mol. The summed E-state index contributed by atoms with van der Waals surface area (Å²) in [5.41, 5.74) is 1.58. The molecule has 3 atom stereocenters.